The van der Waals surface area contributed by atoms with E-state index >= 15 is 0 Å². The van der Waals surface area contributed by atoms with E-state index in [0.29, 0.717) is 31.0 Å². The molecule has 1 aliphatic carbocycles. The molecule has 1 atom stereocenters. The lowest BCUT2D eigenvalue weighted by Gasteiger charge is -2.16. The summed E-state index contributed by atoms with van der Waals surface area (Å²) in [6.07, 6.45) is 4.54. The monoisotopic (exact) mass is 336 g/mol. The van der Waals surface area contributed by atoms with Crippen molar-refractivity contribution in [3.8, 4) is 11.8 Å². The smallest absolute Gasteiger partial charge is 0.320 e. The molecule has 6 heteroatoms. The molecule has 0 bridgehead atoms. The molecule has 1 aromatic carbocycles. The zero-order valence-corrected chi connectivity index (χ0v) is 13.9. The third-order valence-corrected chi connectivity index (χ3v) is 4.13. The third kappa shape index (κ3) is 4.27. The van der Waals surface area contributed by atoms with E-state index in [9.17, 15) is 4.79 Å². The molecule has 0 saturated heterocycles. The van der Waals surface area contributed by atoms with E-state index < -0.39 is 0 Å². The maximum Gasteiger partial charge on any atom is 0.320 e. The summed E-state index contributed by atoms with van der Waals surface area (Å²) in [5.74, 6) is 0.880. The number of nitrogens with zero attached hydrogens (tertiary/aromatic N) is 2. The van der Waals surface area contributed by atoms with E-state index in [4.69, 9.17) is 10.00 Å². The molecular formula is C19H20N4O2. The molecule has 6 nitrogen and oxygen atoms in total. The van der Waals surface area contributed by atoms with E-state index in [1.807, 2.05) is 12.1 Å². The van der Waals surface area contributed by atoms with Gasteiger partial charge in [0.05, 0.1) is 18.7 Å². The van der Waals surface area contributed by atoms with Crippen molar-refractivity contribution < 1.29 is 9.53 Å². The molecule has 0 unspecified atom stereocenters. The highest BCUT2D eigenvalue weighted by atomic mass is 16.5. The van der Waals surface area contributed by atoms with E-state index in [1.54, 1.807) is 18.3 Å². The number of rotatable bonds is 6. The number of hydrogen-bond donors (Lipinski definition) is 2. The maximum absolute atomic E-state index is 12.3. The topological polar surface area (TPSA) is 87.0 Å². The number of hydrogen-bond acceptors (Lipinski definition) is 4. The van der Waals surface area contributed by atoms with E-state index in [0.717, 1.165) is 12.8 Å². The molecule has 0 saturated carbocycles. The van der Waals surface area contributed by atoms with Gasteiger partial charge in [0.1, 0.15) is 0 Å². The van der Waals surface area contributed by atoms with Gasteiger partial charge < -0.3 is 10.1 Å². The van der Waals surface area contributed by atoms with Crippen LogP contribution in [0.3, 0.4) is 0 Å². The molecule has 1 heterocycles. The number of aromatic nitrogens is 1. The molecular weight excluding hydrogens is 316 g/mol. The summed E-state index contributed by atoms with van der Waals surface area (Å²) in [7, 11) is 0. The fourth-order valence-corrected chi connectivity index (χ4v) is 2.94. The Morgan fingerprint density at radius 3 is 3.08 bits per heavy atom. The second-order valence-electron chi connectivity index (χ2n) is 5.85. The van der Waals surface area contributed by atoms with Gasteiger partial charge in [-0.3, -0.25) is 5.32 Å². The van der Waals surface area contributed by atoms with Crippen molar-refractivity contribution in [1.82, 2.24) is 10.3 Å². The Morgan fingerprint density at radius 2 is 2.20 bits per heavy atom. The molecule has 0 spiro atoms. The Hall–Kier alpha value is -3.07. The Labute approximate surface area is 146 Å². The van der Waals surface area contributed by atoms with E-state index in [2.05, 4.69) is 33.8 Å². The van der Waals surface area contributed by atoms with Crippen LogP contribution < -0.4 is 15.4 Å². The van der Waals surface area contributed by atoms with Crippen molar-refractivity contribution >= 4 is 11.8 Å². The first kappa shape index (κ1) is 16.8. The van der Waals surface area contributed by atoms with Gasteiger partial charge in [0.2, 0.25) is 0 Å². The zero-order chi connectivity index (χ0) is 17.5. The van der Waals surface area contributed by atoms with Gasteiger partial charge in [-0.1, -0.05) is 24.3 Å². The average molecular weight is 336 g/mol. The molecule has 1 aliphatic rings. The summed E-state index contributed by atoms with van der Waals surface area (Å²) in [5.41, 5.74) is 2.46. The van der Waals surface area contributed by atoms with Gasteiger partial charge in [0.15, 0.2) is 11.6 Å². The number of fused-ring (bicyclic) bond motifs is 1. The summed E-state index contributed by atoms with van der Waals surface area (Å²) in [4.78, 5) is 16.5. The van der Waals surface area contributed by atoms with Gasteiger partial charge in [-0.15, -0.1) is 0 Å². The molecule has 128 valence electrons. The molecule has 0 fully saturated rings. The van der Waals surface area contributed by atoms with Crippen molar-refractivity contribution in [2.24, 2.45) is 0 Å². The lowest BCUT2D eigenvalue weighted by atomic mass is 10.1. The van der Waals surface area contributed by atoms with Crippen LogP contribution in [0.2, 0.25) is 0 Å². The van der Waals surface area contributed by atoms with Gasteiger partial charge >= 0.3 is 6.03 Å². The first-order valence-electron chi connectivity index (χ1n) is 8.38. The molecule has 2 aromatic rings. The van der Waals surface area contributed by atoms with E-state index in [-0.39, 0.29) is 12.1 Å². The minimum Gasteiger partial charge on any atom is -0.490 e. The quantitative estimate of drug-likeness (QED) is 0.789. The van der Waals surface area contributed by atoms with Crippen LogP contribution in [0.5, 0.6) is 5.75 Å². The van der Waals surface area contributed by atoms with Crippen molar-refractivity contribution in [2.45, 2.75) is 31.7 Å². The standard InChI is InChI=1S/C19H20N4O2/c20-11-3-4-13-25-17-8-5-12-21-18(17)23-19(24)22-16-10-9-14-6-1-2-7-15(14)16/h1-2,5-8,12,16H,3-4,9-10,13H2,(H2,21,22,23,24)/t16-/m1/s1. The van der Waals surface area contributed by atoms with Crippen LogP contribution in [-0.2, 0) is 6.42 Å². The highest BCUT2D eigenvalue weighted by Crippen LogP contribution is 2.30. The molecule has 3 rings (SSSR count). The lowest BCUT2D eigenvalue weighted by Crippen LogP contribution is -2.32. The number of unbranched alkanes of at least 4 members (excludes halogenated alkanes) is 1. The SMILES string of the molecule is N#CCCCOc1cccnc1NC(=O)N[C@@H]1CCc2ccccc21. The number of aryl methyl sites for hydroxylation is 1. The van der Waals surface area contributed by atoms with Gasteiger partial charge in [-0.2, -0.15) is 5.26 Å². The number of ether oxygens (including phenoxy) is 1. The van der Waals surface area contributed by atoms with Gasteiger partial charge in [-0.25, -0.2) is 9.78 Å². The van der Waals surface area contributed by atoms with Crippen LogP contribution >= 0.6 is 0 Å². The number of amides is 2. The predicted molar refractivity (Wildman–Crippen MR) is 94.2 cm³/mol. The van der Waals surface area contributed by atoms with Crippen LogP contribution in [0.4, 0.5) is 10.6 Å². The number of carbonyl (C=O) groups excluding carboxylic acids is 1. The van der Waals surface area contributed by atoms with Crippen molar-refractivity contribution in [3.05, 3.63) is 53.7 Å². The predicted octanol–water partition coefficient (Wildman–Crippen LogP) is 3.57. The van der Waals surface area contributed by atoms with Crippen LogP contribution in [0.1, 0.15) is 36.4 Å². The fraction of sp³-hybridized carbons (Fsp3) is 0.316. The minimum absolute atomic E-state index is 0.0138. The van der Waals surface area contributed by atoms with Crippen LogP contribution in [0.15, 0.2) is 42.6 Å². The van der Waals surface area contributed by atoms with Crippen molar-refractivity contribution in [2.75, 3.05) is 11.9 Å². The number of urea groups is 1. The van der Waals surface area contributed by atoms with Gasteiger partial charge in [-0.05, 0) is 42.5 Å². The first-order chi connectivity index (χ1) is 12.3. The first-order valence-corrected chi connectivity index (χ1v) is 8.38. The molecule has 2 N–H and O–H groups in total. The molecule has 2 amide bonds. The number of nitriles is 1. The third-order valence-electron chi connectivity index (χ3n) is 4.13. The molecule has 1 aromatic heterocycles. The minimum atomic E-state index is -0.303. The summed E-state index contributed by atoms with van der Waals surface area (Å²) in [6.45, 7) is 0.408. The number of anilines is 1. The fourth-order valence-electron chi connectivity index (χ4n) is 2.94. The highest BCUT2D eigenvalue weighted by Gasteiger charge is 2.23. The average Bonchev–Trinajstić information content (AvgIpc) is 3.03. The highest BCUT2D eigenvalue weighted by molar-refractivity contribution is 5.90. The largest absolute Gasteiger partial charge is 0.490 e. The summed E-state index contributed by atoms with van der Waals surface area (Å²) in [6, 6.07) is 13.4. The van der Waals surface area contributed by atoms with Crippen LogP contribution in [0, 0.1) is 11.3 Å². The van der Waals surface area contributed by atoms with Gasteiger partial charge in [0, 0.05) is 12.6 Å². The summed E-state index contributed by atoms with van der Waals surface area (Å²) < 4.78 is 5.61. The van der Waals surface area contributed by atoms with Crippen molar-refractivity contribution in [1.29, 1.82) is 5.26 Å². The summed E-state index contributed by atoms with van der Waals surface area (Å²) in [5, 5.41) is 14.3. The zero-order valence-electron chi connectivity index (χ0n) is 13.9. The second-order valence-corrected chi connectivity index (χ2v) is 5.85. The Morgan fingerprint density at radius 1 is 1.32 bits per heavy atom. The Kier molecular flexibility index (Phi) is 5.47. The van der Waals surface area contributed by atoms with Crippen molar-refractivity contribution in [3.63, 3.8) is 0 Å². The maximum atomic E-state index is 12.3. The second kappa shape index (κ2) is 8.15. The molecule has 25 heavy (non-hydrogen) atoms. The molecule has 0 aliphatic heterocycles. The number of nitrogens with one attached hydrogen (secondary N) is 2. The van der Waals surface area contributed by atoms with Gasteiger partial charge in [0.25, 0.3) is 0 Å². The summed E-state index contributed by atoms with van der Waals surface area (Å²) >= 11 is 0. The normalized spacial score (nSPS) is 15.1. The van der Waals surface area contributed by atoms with Crippen LogP contribution in [0.25, 0.3) is 0 Å². The van der Waals surface area contributed by atoms with E-state index in [1.165, 1.54) is 11.1 Å². The number of pyridine rings is 1. The molecule has 0 radical (unpaired) electrons. The number of benzene rings is 1. The number of carbonyl (C=O) groups is 1. The Balaban J connectivity index is 1.59. The van der Waals surface area contributed by atoms with Crippen LogP contribution in [-0.4, -0.2) is 17.6 Å². The Bertz CT molecular complexity index is 785. The lowest BCUT2D eigenvalue weighted by molar-refractivity contribution is 0.248.